The first-order valence-corrected chi connectivity index (χ1v) is 7.25. The molecule has 0 aliphatic carbocycles. The zero-order chi connectivity index (χ0) is 14.4. The number of hydrogen-bond acceptors (Lipinski definition) is 2. The van der Waals surface area contributed by atoms with Gasteiger partial charge in [-0.05, 0) is 44.0 Å². The van der Waals surface area contributed by atoms with Gasteiger partial charge in [-0.1, -0.05) is 43.3 Å². The van der Waals surface area contributed by atoms with Gasteiger partial charge in [0.15, 0.2) is 0 Å². The molecule has 20 heavy (non-hydrogen) atoms. The predicted molar refractivity (Wildman–Crippen MR) is 84.4 cm³/mol. The molecule has 106 valence electrons. The van der Waals surface area contributed by atoms with Crippen molar-refractivity contribution in [1.82, 2.24) is 5.32 Å². The van der Waals surface area contributed by atoms with Gasteiger partial charge in [0.25, 0.3) is 0 Å². The van der Waals surface area contributed by atoms with E-state index in [0.29, 0.717) is 0 Å². The van der Waals surface area contributed by atoms with Crippen LogP contribution in [0.1, 0.15) is 30.0 Å². The van der Waals surface area contributed by atoms with E-state index in [1.165, 1.54) is 16.7 Å². The van der Waals surface area contributed by atoms with Gasteiger partial charge in [-0.15, -0.1) is 0 Å². The number of aryl methyl sites for hydroxylation is 2. The number of para-hydroxylation sites is 2. The highest BCUT2D eigenvalue weighted by atomic mass is 16.5. The molecule has 2 nitrogen and oxygen atoms in total. The van der Waals surface area contributed by atoms with Gasteiger partial charge in [-0.2, -0.15) is 0 Å². The number of nitrogens with one attached hydrogen (secondary N) is 1. The monoisotopic (exact) mass is 269 g/mol. The number of ether oxygens (including phenoxy) is 1. The summed E-state index contributed by atoms with van der Waals surface area (Å²) in [7, 11) is 0. The highest BCUT2D eigenvalue weighted by molar-refractivity contribution is 5.45. The summed E-state index contributed by atoms with van der Waals surface area (Å²) in [5.74, 6) is 1.91. The van der Waals surface area contributed by atoms with E-state index in [1.54, 1.807) is 0 Å². The summed E-state index contributed by atoms with van der Waals surface area (Å²) in [6.45, 7) is 8.21. The van der Waals surface area contributed by atoms with E-state index < -0.39 is 0 Å². The molecule has 0 atom stereocenters. The third kappa shape index (κ3) is 3.61. The van der Waals surface area contributed by atoms with E-state index in [1.807, 2.05) is 12.1 Å². The maximum absolute atomic E-state index is 6.16. The second kappa shape index (κ2) is 7.11. The minimum atomic E-state index is 0.842. The van der Waals surface area contributed by atoms with Gasteiger partial charge < -0.3 is 10.1 Å². The zero-order valence-corrected chi connectivity index (χ0v) is 12.6. The topological polar surface area (TPSA) is 21.3 Å². The van der Waals surface area contributed by atoms with Crippen LogP contribution in [0.2, 0.25) is 0 Å². The first-order chi connectivity index (χ1) is 9.72. The molecule has 0 aromatic heterocycles. The lowest BCUT2D eigenvalue weighted by molar-refractivity contribution is 0.465. The van der Waals surface area contributed by atoms with Gasteiger partial charge in [-0.3, -0.25) is 0 Å². The summed E-state index contributed by atoms with van der Waals surface area (Å²) in [5.41, 5.74) is 3.53. The van der Waals surface area contributed by atoms with Crippen LogP contribution in [0.25, 0.3) is 0 Å². The summed E-state index contributed by atoms with van der Waals surface area (Å²) in [4.78, 5) is 0. The molecule has 2 rings (SSSR count). The number of rotatable bonds is 6. The van der Waals surface area contributed by atoms with Gasteiger partial charge in [0.2, 0.25) is 0 Å². The molecule has 2 aromatic carbocycles. The van der Waals surface area contributed by atoms with Crippen LogP contribution in [0, 0.1) is 13.8 Å². The van der Waals surface area contributed by atoms with Crippen molar-refractivity contribution < 1.29 is 4.74 Å². The second-order valence-electron chi connectivity index (χ2n) is 5.11. The van der Waals surface area contributed by atoms with Crippen LogP contribution in [-0.2, 0) is 6.54 Å². The molecule has 0 bridgehead atoms. The first kappa shape index (κ1) is 14.6. The molecule has 0 saturated carbocycles. The fraction of sp³-hybridized carbons (Fsp3) is 0.333. The average molecular weight is 269 g/mol. The SMILES string of the molecule is CCCNCc1ccccc1Oc1c(C)cccc1C. The molecule has 0 unspecified atom stereocenters. The molecule has 0 radical (unpaired) electrons. The minimum Gasteiger partial charge on any atom is -0.456 e. The Balaban J connectivity index is 2.20. The molecule has 0 spiro atoms. The molecule has 0 aliphatic heterocycles. The van der Waals surface area contributed by atoms with Crippen LogP contribution in [0.15, 0.2) is 42.5 Å². The van der Waals surface area contributed by atoms with Crippen molar-refractivity contribution in [3.63, 3.8) is 0 Å². The van der Waals surface area contributed by atoms with E-state index >= 15 is 0 Å². The Kier molecular flexibility index (Phi) is 5.19. The second-order valence-corrected chi connectivity index (χ2v) is 5.11. The van der Waals surface area contributed by atoms with Crippen molar-refractivity contribution in [3.05, 3.63) is 59.2 Å². The van der Waals surface area contributed by atoms with Gasteiger partial charge >= 0.3 is 0 Å². The molecule has 1 N–H and O–H groups in total. The molecule has 2 heteroatoms. The lowest BCUT2D eigenvalue weighted by Gasteiger charge is -2.15. The van der Waals surface area contributed by atoms with Gasteiger partial charge in [0.1, 0.15) is 11.5 Å². The van der Waals surface area contributed by atoms with Crippen LogP contribution in [0.3, 0.4) is 0 Å². The first-order valence-electron chi connectivity index (χ1n) is 7.25. The van der Waals surface area contributed by atoms with Gasteiger partial charge in [-0.25, -0.2) is 0 Å². The maximum atomic E-state index is 6.16. The molecule has 0 amide bonds. The summed E-state index contributed by atoms with van der Waals surface area (Å²) >= 11 is 0. The Labute approximate surface area is 121 Å². The van der Waals surface area contributed by atoms with Crippen molar-refractivity contribution in [2.24, 2.45) is 0 Å². The Hall–Kier alpha value is -1.80. The maximum Gasteiger partial charge on any atom is 0.133 e. The number of hydrogen-bond donors (Lipinski definition) is 1. The van der Waals surface area contributed by atoms with Crippen molar-refractivity contribution in [2.45, 2.75) is 33.7 Å². The predicted octanol–water partition coefficient (Wildman–Crippen LogP) is 4.60. The van der Waals surface area contributed by atoms with Gasteiger partial charge in [0, 0.05) is 12.1 Å². The van der Waals surface area contributed by atoms with E-state index in [2.05, 4.69) is 56.4 Å². The van der Waals surface area contributed by atoms with Crippen molar-refractivity contribution in [1.29, 1.82) is 0 Å². The van der Waals surface area contributed by atoms with E-state index in [-0.39, 0.29) is 0 Å². The Morgan fingerprint density at radius 3 is 2.35 bits per heavy atom. The molecule has 0 fully saturated rings. The van der Waals surface area contributed by atoms with Crippen LogP contribution < -0.4 is 10.1 Å². The molecule has 0 heterocycles. The minimum absolute atomic E-state index is 0.842. The standard InChI is InChI=1S/C18H23NO/c1-4-12-19-13-16-10-5-6-11-17(16)20-18-14(2)8-7-9-15(18)3/h5-11,19H,4,12-13H2,1-3H3. The van der Waals surface area contributed by atoms with Crippen molar-refractivity contribution in [3.8, 4) is 11.5 Å². The fourth-order valence-corrected chi connectivity index (χ4v) is 2.22. The van der Waals surface area contributed by atoms with Gasteiger partial charge in [0.05, 0.1) is 0 Å². The fourth-order valence-electron chi connectivity index (χ4n) is 2.22. The molecular weight excluding hydrogens is 246 g/mol. The number of benzene rings is 2. The van der Waals surface area contributed by atoms with Crippen LogP contribution in [-0.4, -0.2) is 6.54 Å². The third-order valence-electron chi connectivity index (χ3n) is 3.34. The highest BCUT2D eigenvalue weighted by Gasteiger charge is 2.08. The van der Waals surface area contributed by atoms with Crippen LogP contribution in [0.5, 0.6) is 11.5 Å². The Morgan fingerprint density at radius 1 is 0.950 bits per heavy atom. The highest BCUT2D eigenvalue weighted by Crippen LogP contribution is 2.30. The lowest BCUT2D eigenvalue weighted by Crippen LogP contribution is -2.14. The lowest BCUT2D eigenvalue weighted by atomic mass is 10.1. The zero-order valence-electron chi connectivity index (χ0n) is 12.6. The van der Waals surface area contributed by atoms with E-state index in [9.17, 15) is 0 Å². The van der Waals surface area contributed by atoms with Crippen LogP contribution >= 0.6 is 0 Å². The molecule has 0 saturated heterocycles. The van der Waals surface area contributed by atoms with Crippen molar-refractivity contribution in [2.75, 3.05) is 6.54 Å². The Bertz CT molecular complexity index is 543. The quantitative estimate of drug-likeness (QED) is 0.774. The average Bonchev–Trinajstić information content (AvgIpc) is 2.45. The summed E-state index contributed by atoms with van der Waals surface area (Å²) in [5, 5.41) is 3.43. The largest absolute Gasteiger partial charge is 0.456 e. The molecule has 2 aromatic rings. The third-order valence-corrected chi connectivity index (χ3v) is 3.34. The normalized spacial score (nSPS) is 10.6. The van der Waals surface area contributed by atoms with E-state index in [4.69, 9.17) is 4.74 Å². The van der Waals surface area contributed by atoms with Crippen molar-refractivity contribution >= 4 is 0 Å². The summed E-state index contributed by atoms with van der Waals surface area (Å²) in [6.07, 6.45) is 1.14. The smallest absolute Gasteiger partial charge is 0.133 e. The summed E-state index contributed by atoms with van der Waals surface area (Å²) < 4.78 is 6.16. The molecule has 0 aliphatic rings. The Morgan fingerprint density at radius 2 is 1.65 bits per heavy atom. The van der Waals surface area contributed by atoms with E-state index in [0.717, 1.165) is 31.0 Å². The summed E-state index contributed by atoms with van der Waals surface area (Å²) in [6, 6.07) is 14.5. The molecular formula is C18H23NO. The van der Waals surface area contributed by atoms with Crippen LogP contribution in [0.4, 0.5) is 0 Å².